The van der Waals surface area contributed by atoms with Crippen LogP contribution in [-0.2, 0) is 0 Å². The third-order valence-corrected chi connectivity index (χ3v) is 3.45. The zero-order valence-electron chi connectivity index (χ0n) is 12.0. The Morgan fingerprint density at radius 2 is 1.73 bits per heavy atom. The molecule has 0 aromatic heterocycles. The zero-order valence-corrected chi connectivity index (χ0v) is 13.6. The van der Waals surface area contributed by atoms with Crippen LogP contribution in [0.5, 0.6) is 17.2 Å². The molecule has 2 aromatic rings. The van der Waals surface area contributed by atoms with Gasteiger partial charge in [0.25, 0.3) is 0 Å². The van der Waals surface area contributed by atoms with Gasteiger partial charge in [0, 0.05) is 0 Å². The molecule has 2 rings (SSSR count). The average molecular weight is 366 g/mol. The SMILES string of the molecule is COc1ccccc1OCCOc1ccc(C=NO)cc1Br. The zero-order chi connectivity index (χ0) is 15.8. The molecule has 0 aliphatic rings. The monoisotopic (exact) mass is 365 g/mol. The van der Waals surface area contributed by atoms with Crippen molar-refractivity contribution in [1.29, 1.82) is 0 Å². The number of methoxy groups -OCH3 is 1. The number of benzene rings is 2. The van der Waals surface area contributed by atoms with E-state index in [1.165, 1.54) is 6.21 Å². The Hall–Kier alpha value is -2.21. The summed E-state index contributed by atoms with van der Waals surface area (Å²) in [5.74, 6) is 2.07. The van der Waals surface area contributed by atoms with Gasteiger partial charge in [-0.25, -0.2) is 0 Å². The number of ether oxygens (including phenoxy) is 3. The Balaban J connectivity index is 1.86. The van der Waals surface area contributed by atoms with Crippen molar-refractivity contribution in [2.45, 2.75) is 0 Å². The van der Waals surface area contributed by atoms with Crippen LogP contribution in [0.4, 0.5) is 0 Å². The molecule has 0 aliphatic heterocycles. The van der Waals surface area contributed by atoms with Crippen LogP contribution >= 0.6 is 15.9 Å². The highest BCUT2D eigenvalue weighted by molar-refractivity contribution is 9.10. The molecule has 0 unspecified atom stereocenters. The predicted octanol–water partition coefficient (Wildman–Crippen LogP) is 3.72. The normalized spacial score (nSPS) is 10.6. The molecule has 0 saturated carbocycles. The van der Waals surface area contributed by atoms with Crippen LogP contribution in [0.3, 0.4) is 0 Å². The Labute approximate surface area is 137 Å². The minimum atomic E-state index is 0.393. The Morgan fingerprint density at radius 1 is 1.05 bits per heavy atom. The lowest BCUT2D eigenvalue weighted by Gasteiger charge is -2.12. The molecule has 22 heavy (non-hydrogen) atoms. The number of hydrogen-bond acceptors (Lipinski definition) is 5. The van der Waals surface area contributed by atoms with Gasteiger partial charge in [-0.15, -0.1) is 0 Å². The number of para-hydroxylation sites is 2. The first-order chi connectivity index (χ1) is 10.7. The van der Waals surface area contributed by atoms with E-state index in [4.69, 9.17) is 19.4 Å². The summed E-state index contributed by atoms with van der Waals surface area (Å²) >= 11 is 3.41. The summed E-state index contributed by atoms with van der Waals surface area (Å²) in [7, 11) is 1.60. The lowest BCUT2D eigenvalue weighted by atomic mass is 10.2. The van der Waals surface area contributed by atoms with Gasteiger partial charge in [-0.1, -0.05) is 17.3 Å². The van der Waals surface area contributed by atoms with Gasteiger partial charge >= 0.3 is 0 Å². The number of rotatable bonds is 7. The first kappa shape index (κ1) is 16.2. The van der Waals surface area contributed by atoms with Crippen LogP contribution in [0.1, 0.15) is 5.56 Å². The standard InChI is InChI=1S/C16H16BrNO4/c1-20-15-4-2-3-5-16(15)22-9-8-21-14-7-6-12(11-18-19)10-13(14)17/h2-7,10-11,19H,8-9H2,1H3. The van der Waals surface area contributed by atoms with Crippen molar-refractivity contribution in [3.05, 3.63) is 52.5 Å². The van der Waals surface area contributed by atoms with Crippen LogP contribution < -0.4 is 14.2 Å². The molecule has 1 N–H and O–H groups in total. The summed E-state index contributed by atoms with van der Waals surface area (Å²) in [4.78, 5) is 0. The molecule has 5 nitrogen and oxygen atoms in total. The van der Waals surface area contributed by atoms with Crippen LogP contribution in [0, 0.1) is 0 Å². The molecule has 2 aromatic carbocycles. The molecule has 0 radical (unpaired) electrons. The van der Waals surface area contributed by atoms with Gasteiger partial charge in [0.15, 0.2) is 11.5 Å². The molecule has 0 heterocycles. The maximum Gasteiger partial charge on any atom is 0.161 e. The van der Waals surface area contributed by atoms with E-state index in [0.29, 0.717) is 30.5 Å². The van der Waals surface area contributed by atoms with Crippen molar-refractivity contribution in [3.63, 3.8) is 0 Å². The second-order valence-electron chi connectivity index (χ2n) is 4.28. The summed E-state index contributed by atoms with van der Waals surface area (Å²) in [5.41, 5.74) is 0.770. The molecule has 0 aliphatic carbocycles. The van der Waals surface area contributed by atoms with Crippen molar-refractivity contribution in [2.75, 3.05) is 20.3 Å². The van der Waals surface area contributed by atoms with Gasteiger partial charge in [-0.2, -0.15) is 0 Å². The van der Waals surface area contributed by atoms with E-state index in [0.717, 1.165) is 10.0 Å². The molecule has 0 fully saturated rings. The summed E-state index contributed by atoms with van der Waals surface area (Å²) in [6.45, 7) is 0.788. The first-order valence-electron chi connectivity index (χ1n) is 6.60. The van der Waals surface area contributed by atoms with Crippen molar-refractivity contribution >= 4 is 22.1 Å². The quantitative estimate of drug-likeness (QED) is 0.351. The van der Waals surface area contributed by atoms with E-state index in [2.05, 4.69) is 21.1 Å². The van der Waals surface area contributed by atoms with E-state index in [1.807, 2.05) is 24.3 Å². The van der Waals surface area contributed by atoms with Crippen molar-refractivity contribution < 1.29 is 19.4 Å². The molecule has 6 heteroatoms. The number of halogens is 1. The number of nitrogens with zero attached hydrogens (tertiary/aromatic N) is 1. The second kappa shape index (κ2) is 8.29. The summed E-state index contributed by atoms with van der Waals surface area (Å²) in [6.07, 6.45) is 1.35. The highest BCUT2D eigenvalue weighted by atomic mass is 79.9. The fraction of sp³-hybridized carbons (Fsp3) is 0.188. The molecular formula is C16H16BrNO4. The van der Waals surface area contributed by atoms with Crippen molar-refractivity contribution in [3.8, 4) is 17.2 Å². The fourth-order valence-corrected chi connectivity index (χ4v) is 2.33. The molecular weight excluding hydrogens is 350 g/mol. The Bertz CT molecular complexity index is 646. The van der Waals surface area contributed by atoms with Crippen LogP contribution in [-0.4, -0.2) is 31.7 Å². The smallest absolute Gasteiger partial charge is 0.161 e. The van der Waals surface area contributed by atoms with Gasteiger partial charge in [0.2, 0.25) is 0 Å². The minimum absolute atomic E-state index is 0.393. The maximum absolute atomic E-state index is 8.50. The molecule has 0 saturated heterocycles. The minimum Gasteiger partial charge on any atom is -0.493 e. The number of hydrogen-bond donors (Lipinski definition) is 1. The van der Waals surface area contributed by atoms with Gasteiger partial charge in [-0.3, -0.25) is 0 Å². The predicted molar refractivity (Wildman–Crippen MR) is 87.5 cm³/mol. The topological polar surface area (TPSA) is 60.3 Å². The molecule has 0 atom stereocenters. The van der Waals surface area contributed by atoms with E-state index in [1.54, 1.807) is 25.3 Å². The van der Waals surface area contributed by atoms with E-state index < -0.39 is 0 Å². The van der Waals surface area contributed by atoms with E-state index in [-0.39, 0.29) is 0 Å². The van der Waals surface area contributed by atoms with Gasteiger partial charge in [0.1, 0.15) is 19.0 Å². The Morgan fingerprint density at radius 3 is 2.36 bits per heavy atom. The summed E-state index contributed by atoms with van der Waals surface area (Å²) < 4.78 is 17.3. The molecule has 0 amide bonds. The highest BCUT2D eigenvalue weighted by Gasteiger charge is 2.04. The first-order valence-corrected chi connectivity index (χ1v) is 7.39. The van der Waals surface area contributed by atoms with Crippen LogP contribution in [0.2, 0.25) is 0 Å². The van der Waals surface area contributed by atoms with Crippen molar-refractivity contribution in [1.82, 2.24) is 0 Å². The maximum atomic E-state index is 8.50. The summed E-state index contributed by atoms with van der Waals surface area (Å²) in [5, 5.41) is 11.5. The van der Waals surface area contributed by atoms with Gasteiger partial charge in [-0.05, 0) is 51.8 Å². The lowest BCUT2D eigenvalue weighted by Crippen LogP contribution is -2.09. The van der Waals surface area contributed by atoms with Crippen molar-refractivity contribution in [2.24, 2.45) is 5.16 Å². The molecule has 0 spiro atoms. The second-order valence-corrected chi connectivity index (χ2v) is 5.14. The molecule has 0 bridgehead atoms. The van der Waals surface area contributed by atoms with Crippen LogP contribution in [0.25, 0.3) is 0 Å². The van der Waals surface area contributed by atoms with E-state index in [9.17, 15) is 0 Å². The third kappa shape index (κ3) is 4.39. The van der Waals surface area contributed by atoms with Gasteiger partial charge < -0.3 is 19.4 Å². The lowest BCUT2D eigenvalue weighted by molar-refractivity contribution is 0.210. The van der Waals surface area contributed by atoms with Crippen LogP contribution in [0.15, 0.2) is 52.1 Å². The van der Waals surface area contributed by atoms with E-state index >= 15 is 0 Å². The highest BCUT2D eigenvalue weighted by Crippen LogP contribution is 2.27. The van der Waals surface area contributed by atoms with Gasteiger partial charge in [0.05, 0.1) is 17.8 Å². The largest absolute Gasteiger partial charge is 0.493 e. The Kier molecular flexibility index (Phi) is 6.09. The fourth-order valence-electron chi connectivity index (χ4n) is 1.82. The average Bonchev–Trinajstić information content (AvgIpc) is 2.54. The number of oxime groups is 1. The summed E-state index contributed by atoms with van der Waals surface area (Å²) in [6, 6.07) is 12.8. The molecule has 116 valence electrons. The third-order valence-electron chi connectivity index (χ3n) is 2.83.